The van der Waals surface area contributed by atoms with Gasteiger partial charge in [0.2, 0.25) is 0 Å². The van der Waals surface area contributed by atoms with Crippen LogP contribution in [0.3, 0.4) is 0 Å². The largest absolute Gasteiger partial charge is 0.459 e. The van der Waals surface area contributed by atoms with E-state index < -0.39 is 0 Å². The molecule has 1 aromatic carbocycles. The van der Waals surface area contributed by atoms with Crippen LogP contribution in [0.25, 0.3) is 0 Å². The molecule has 1 fully saturated rings. The molecule has 0 radical (unpaired) electrons. The molecular formula is C22H23FN2O3S. The van der Waals surface area contributed by atoms with Crippen molar-refractivity contribution in [1.82, 2.24) is 4.90 Å². The number of morpholine rings is 1. The standard InChI is InChI=1S/C22H23FN2O3S/c1-14-15(2)29-22(24-21(26)18-4-3-11-28-18)19(14)20(25-9-12-27-13-10-25)16-5-7-17(23)8-6-16/h3-8,11,20H,9-10,12-13H2,1-2H3,(H,24,26). The van der Waals surface area contributed by atoms with E-state index in [2.05, 4.69) is 17.1 Å². The summed E-state index contributed by atoms with van der Waals surface area (Å²) in [5.74, 6) is -0.277. The summed E-state index contributed by atoms with van der Waals surface area (Å²) in [6.07, 6.45) is 1.48. The number of thiophene rings is 1. The number of furan rings is 1. The maximum Gasteiger partial charge on any atom is 0.291 e. The van der Waals surface area contributed by atoms with Gasteiger partial charge in [0.05, 0.1) is 25.5 Å². The van der Waals surface area contributed by atoms with Crippen LogP contribution in [0.2, 0.25) is 0 Å². The molecule has 1 saturated heterocycles. The van der Waals surface area contributed by atoms with Crippen molar-refractivity contribution in [2.75, 3.05) is 31.6 Å². The van der Waals surface area contributed by atoms with Crippen LogP contribution in [-0.2, 0) is 4.74 Å². The zero-order valence-electron chi connectivity index (χ0n) is 16.4. The summed E-state index contributed by atoms with van der Waals surface area (Å²) in [6.45, 7) is 6.94. The third-order valence-corrected chi connectivity index (χ3v) is 6.41. The molecule has 5 nitrogen and oxygen atoms in total. The van der Waals surface area contributed by atoms with Gasteiger partial charge >= 0.3 is 0 Å². The van der Waals surface area contributed by atoms with Crippen LogP contribution in [0.5, 0.6) is 0 Å². The van der Waals surface area contributed by atoms with E-state index in [-0.39, 0.29) is 23.5 Å². The Morgan fingerprint density at radius 2 is 1.90 bits per heavy atom. The number of amides is 1. The second-order valence-electron chi connectivity index (χ2n) is 7.06. The Balaban J connectivity index is 1.77. The molecule has 1 amide bonds. The Kier molecular flexibility index (Phi) is 5.80. The Bertz CT molecular complexity index is 976. The molecule has 0 spiro atoms. The van der Waals surface area contributed by atoms with Crippen molar-refractivity contribution in [3.8, 4) is 0 Å². The van der Waals surface area contributed by atoms with E-state index in [1.165, 1.54) is 18.4 Å². The summed E-state index contributed by atoms with van der Waals surface area (Å²) in [6, 6.07) is 9.84. The molecule has 152 valence electrons. The number of carbonyl (C=O) groups is 1. The highest BCUT2D eigenvalue weighted by Gasteiger charge is 2.30. The zero-order chi connectivity index (χ0) is 20.4. The fraction of sp³-hybridized carbons (Fsp3) is 0.318. The lowest BCUT2D eigenvalue weighted by atomic mass is 9.94. The Hall–Kier alpha value is -2.48. The van der Waals surface area contributed by atoms with Crippen molar-refractivity contribution in [3.05, 3.63) is 75.8 Å². The van der Waals surface area contributed by atoms with E-state index in [9.17, 15) is 9.18 Å². The van der Waals surface area contributed by atoms with Gasteiger partial charge in [-0.05, 0) is 49.2 Å². The van der Waals surface area contributed by atoms with Gasteiger partial charge in [-0.15, -0.1) is 11.3 Å². The highest BCUT2D eigenvalue weighted by atomic mass is 32.1. The average molecular weight is 415 g/mol. The predicted octanol–water partition coefficient (Wildman–Crippen LogP) is 4.77. The summed E-state index contributed by atoms with van der Waals surface area (Å²) in [4.78, 5) is 16.1. The number of benzene rings is 1. The van der Waals surface area contributed by atoms with Gasteiger partial charge in [0.25, 0.3) is 5.91 Å². The van der Waals surface area contributed by atoms with Crippen LogP contribution in [0.15, 0.2) is 47.1 Å². The first-order chi connectivity index (χ1) is 14.0. The summed E-state index contributed by atoms with van der Waals surface area (Å²) >= 11 is 1.55. The number of carbonyl (C=O) groups excluding carboxylic acids is 1. The van der Waals surface area contributed by atoms with Crippen LogP contribution in [-0.4, -0.2) is 37.1 Å². The molecule has 1 unspecified atom stereocenters. The molecule has 0 aliphatic carbocycles. The lowest BCUT2D eigenvalue weighted by molar-refractivity contribution is 0.0240. The molecule has 4 rings (SSSR count). The normalized spacial score (nSPS) is 16.0. The molecule has 1 atom stereocenters. The number of nitrogens with zero attached hydrogens (tertiary/aromatic N) is 1. The minimum absolute atomic E-state index is 0.101. The number of ether oxygens (including phenoxy) is 1. The third-order valence-electron chi connectivity index (χ3n) is 5.27. The number of halogens is 1. The number of aryl methyl sites for hydroxylation is 1. The van der Waals surface area contributed by atoms with Crippen molar-refractivity contribution >= 4 is 22.2 Å². The maximum atomic E-state index is 13.6. The fourth-order valence-corrected chi connectivity index (χ4v) is 4.77. The van der Waals surface area contributed by atoms with Crippen molar-refractivity contribution in [1.29, 1.82) is 0 Å². The second kappa shape index (κ2) is 8.49. The fourth-order valence-electron chi connectivity index (χ4n) is 3.68. The average Bonchev–Trinajstić information content (AvgIpc) is 3.35. The Morgan fingerprint density at radius 3 is 2.55 bits per heavy atom. The molecule has 2 aromatic heterocycles. The Labute approximate surface area is 173 Å². The number of hydrogen-bond donors (Lipinski definition) is 1. The van der Waals surface area contributed by atoms with Crippen molar-refractivity contribution in [3.63, 3.8) is 0 Å². The summed E-state index contributed by atoms with van der Waals surface area (Å²) < 4.78 is 24.4. The number of hydrogen-bond acceptors (Lipinski definition) is 5. The first-order valence-electron chi connectivity index (χ1n) is 9.56. The first kappa shape index (κ1) is 19.8. The number of nitrogens with one attached hydrogen (secondary N) is 1. The minimum Gasteiger partial charge on any atom is -0.459 e. The van der Waals surface area contributed by atoms with Gasteiger partial charge in [-0.2, -0.15) is 0 Å². The number of rotatable bonds is 5. The van der Waals surface area contributed by atoms with E-state index >= 15 is 0 Å². The van der Waals surface area contributed by atoms with Crippen LogP contribution in [0.4, 0.5) is 9.39 Å². The van der Waals surface area contributed by atoms with Crippen LogP contribution in [0, 0.1) is 19.7 Å². The van der Waals surface area contributed by atoms with Gasteiger partial charge in [0.1, 0.15) is 10.8 Å². The van der Waals surface area contributed by atoms with Crippen LogP contribution < -0.4 is 5.32 Å². The monoisotopic (exact) mass is 414 g/mol. The molecule has 7 heteroatoms. The first-order valence-corrected chi connectivity index (χ1v) is 10.4. The molecule has 0 bridgehead atoms. The highest BCUT2D eigenvalue weighted by molar-refractivity contribution is 7.16. The van der Waals surface area contributed by atoms with E-state index in [0.717, 1.165) is 39.7 Å². The van der Waals surface area contributed by atoms with Crippen molar-refractivity contribution < 1.29 is 18.3 Å². The maximum absolute atomic E-state index is 13.6. The molecule has 3 heterocycles. The lowest BCUT2D eigenvalue weighted by Gasteiger charge is -2.35. The Morgan fingerprint density at radius 1 is 1.17 bits per heavy atom. The number of anilines is 1. The third kappa shape index (κ3) is 4.12. The van der Waals surface area contributed by atoms with E-state index in [0.29, 0.717) is 13.2 Å². The summed E-state index contributed by atoms with van der Waals surface area (Å²) in [5, 5.41) is 3.82. The smallest absolute Gasteiger partial charge is 0.291 e. The van der Waals surface area contributed by atoms with Crippen molar-refractivity contribution in [2.24, 2.45) is 0 Å². The van der Waals surface area contributed by atoms with E-state index in [1.54, 1.807) is 23.5 Å². The second-order valence-corrected chi connectivity index (χ2v) is 8.28. The zero-order valence-corrected chi connectivity index (χ0v) is 17.2. The molecule has 3 aromatic rings. The molecule has 0 saturated carbocycles. The van der Waals surface area contributed by atoms with Crippen LogP contribution >= 0.6 is 11.3 Å². The van der Waals surface area contributed by atoms with Crippen LogP contribution in [0.1, 0.15) is 38.2 Å². The van der Waals surface area contributed by atoms with Gasteiger partial charge in [-0.1, -0.05) is 12.1 Å². The van der Waals surface area contributed by atoms with Crippen molar-refractivity contribution in [2.45, 2.75) is 19.9 Å². The predicted molar refractivity (Wildman–Crippen MR) is 111 cm³/mol. The van der Waals surface area contributed by atoms with E-state index in [1.807, 2.05) is 19.1 Å². The van der Waals surface area contributed by atoms with Gasteiger partial charge in [0, 0.05) is 23.5 Å². The highest BCUT2D eigenvalue weighted by Crippen LogP contribution is 2.42. The molecular weight excluding hydrogens is 391 g/mol. The quantitative estimate of drug-likeness (QED) is 0.653. The molecule has 1 aliphatic heterocycles. The topological polar surface area (TPSA) is 54.7 Å². The van der Waals surface area contributed by atoms with Gasteiger partial charge in [0.15, 0.2) is 5.76 Å². The summed E-state index contributed by atoms with van der Waals surface area (Å²) in [7, 11) is 0. The summed E-state index contributed by atoms with van der Waals surface area (Å²) in [5.41, 5.74) is 3.16. The molecule has 29 heavy (non-hydrogen) atoms. The van der Waals surface area contributed by atoms with Gasteiger partial charge in [-0.25, -0.2) is 4.39 Å². The lowest BCUT2D eigenvalue weighted by Crippen LogP contribution is -2.39. The minimum atomic E-state index is -0.280. The molecule has 1 N–H and O–H groups in total. The van der Waals surface area contributed by atoms with E-state index in [4.69, 9.17) is 9.15 Å². The van der Waals surface area contributed by atoms with Gasteiger partial charge in [-0.3, -0.25) is 9.69 Å². The molecule has 1 aliphatic rings. The van der Waals surface area contributed by atoms with Gasteiger partial charge < -0.3 is 14.5 Å². The SMILES string of the molecule is Cc1sc(NC(=O)c2ccco2)c(C(c2ccc(F)cc2)N2CCOCC2)c1C.